The van der Waals surface area contributed by atoms with Crippen LogP contribution in [0.2, 0.25) is 0 Å². The van der Waals surface area contributed by atoms with Gasteiger partial charge in [0.2, 0.25) is 0 Å². The first-order valence-corrected chi connectivity index (χ1v) is 11.7. The Labute approximate surface area is 219 Å². The summed E-state index contributed by atoms with van der Waals surface area (Å²) >= 11 is 0. The second kappa shape index (κ2) is 23.5. The van der Waals surface area contributed by atoms with Gasteiger partial charge in [-0.15, -0.1) is 13.0 Å². The zero-order chi connectivity index (χ0) is 26.6. The quantitative estimate of drug-likeness (QED) is 0.226. The lowest BCUT2D eigenvalue weighted by molar-refractivity contribution is -0.845. The van der Waals surface area contributed by atoms with Gasteiger partial charge >= 0.3 is 0 Å². The molecule has 0 atom stereocenters. The minimum Gasteiger partial charge on any atom is -0.462 e. The molecular formula is C33H31N2O-. The van der Waals surface area contributed by atoms with Gasteiger partial charge in [-0.25, -0.2) is 5.92 Å². The molecule has 0 saturated heterocycles. The molecule has 0 rings (SSSR count). The Kier molecular flexibility index (Phi) is 20.5. The molecule has 0 bridgehead atoms. The predicted octanol–water partition coefficient (Wildman–Crippen LogP) is 2.96. The molecular weight excluding hydrogens is 440 g/mol. The van der Waals surface area contributed by atoms with E-state index in [9.17, 15) is 4.79 Å². The highest BCUT2D eigenvalue weighted by Crippen LogP contribution is 2.05. The molecule has 0 aliphatic heterocycles. The van der Waals surface area contributed by atoms with Crippen molar-refractivity contribution in [2.75, 3.05) is 27.2 Å². The van der Waals surface area contributed by atoms with Crippen LogP contribution in [-0.4, -0.2) is 37.6 Å². The van der Waals surface area contributed by atoms with Crippen LogP contribution in [0.5, 0.6) is 0 Å². The molecule has 1 amide bonds. The average molecular weight is 472 g/mol. The van der Waals surface area contributed by atoms with Crippen molar-refractivity contribution in [3.8, 4) is 107 Å². The van der Waals surface area contributed by atoms with Crippen molar-refractivity contribution in [2.24, 2.45) is 0 Å². The van der Waals surface area contributed by atoms with E-state index in [1.807, 2.05) is 20.5 Å². The SMILES string of the molecule is [CH2-][N+](C)(C)CCCNC(=O)C#CC#CC#CC#CC#CC#CC#CC#CC#C[CH-]CCCCCCC. The van der Waals surface area contributed by atoms with Gasteiger partial charge in [0.25, 0.3) is 5.91 Å². The molecule has 0 aliphatic carbocycles. The van der Waals surface area contributed by atoms with Crippen molar-refractivity contribution in [3.05, 3.63) is 13.5 Å². The molecule has 3 heteroatoms. The summed E-state index contributed by atoms with van der Waals surface area (Å²) in [6, 6.07) is 0. The zero-order valence-electron chi connectivity index (χ0n) is 21.5. The fourth-order valence-corrected chi connectivity index (χ4v) is 2.29. The van der Waals surface area contributed by atoms with Crippen LogP contribution in [0.1, 0.15) is 51.9 Å². The van der Waals surface area contributed by atoms with Crippen molar-refractivity contribution in [1.29, 1.82) is 0 Å². The van der Waals surface area contributed by atoms with Crippen LogP contribution in [0.25, 0.3) is 0 Å². The summed E-state index contributed by atoms with van der Waals surface area (Å²) in [6.07, 6.45) is 10.1. The van der Waals surface area contributed by atoms with E-state index in [0.29, 0.717) is 11.0 Å². The van der Waals surface area contributed by atoms with E-state index in [-0.39, 0.29) is 5.91 Å². The van der Waals surface area contributed by atoms with Gasteiger partial charge in [0.05, 0.1) is 6.54 Å². The number of hydrogen-bond donors (Lipinski definition) is 1. The first kappa shape index (κ1) is 31.3. The summed E-state index contributed by atoms with van der Waals surface area (Å²) in [7, 11) is 7.94. The molecule has 36 heavy (non-hydrogen) atoms. The van der Waals surface area contributed by atoms with E-state index in [4.69, 9.17) is 0 Å². The monoisotopic (exact) mass is 471 g/mol. The maximum atomic E-state index is 11.5. The molecule has 0 aromatic rings. The van der Waals surface area contributed by atoms with Crippen molar-refractivity contribution in [3.63, 3.8) is 0 Å². The van der Waals surface area contributed by atoms with E-state index in [0.717, 1.165) is 19.4 Å². The first-order valence-electron chi connectivity index (χ1n) is 11.7. The number of amides is 1. The van der Waals surface area contributed by atoms with Crippen LogP contribution in [0.3, 0.4) is 0 Å². The lowest BCUT2D eigenvalue weighted by atomic mass is 10.1. The van der Waals surface area contributed by atoms with Gasteiger partial charge in [-0.1, -0.05) is 45.4 Å². The van der Waals surface area contributed by atoms with Crippen molar-refractivity contribution < 1.29 is 9.28 Å². The number of quaternary nitrogens is 1. The lowest BCUT2D eigenvalue weighted by Gasteiger charge is -2.32. The number of carbonyl (C=O) groups excluding carboxylic acids is 1. The molecule has 0 unspecified atom stereocenters. The van der Waals surface area contributed by atoms with E-state index in [2.05, 4.69) is 126 Å². The standard InChI is InChI=1S/C33H31N2O/c1-5-6-7-8-9-10-11-12-13-14-15-16-17-18-19-20-21-22-23-24-25-26-27-28-30-33(36)34-31-29-32-35(2,3)4/h11H,2,5-10,29,31-32H2,1,3-4H3,(H,34,36)/q-1. The number of nitrogens with one attached hydrogen (secondary N) is 1. The number of nitrogens with zero attached hydrogens (tertiary/aromatic N) is 1. The van der Waals surface area contributed by atoms with Crippen molar-refractivity contribution in [2.45, 2.75) is 51.9 Å². The molecule has 1 N–H and O–H groups in total. The minimum atomic E-state index is -0.370. The highest BCUT2D eigenvalue weighted by Gasteiger charge is 2.00. The molecule has 3 nitrogen and oxygen atoms in total. The van der Waals surface area contributed by atoms with Crippen molar-refractivity contribution >= 4 is 5.91 Å². The van der Waals surface area contributed by atoms with Crippen LogP contribution in [0, 0.1) is 120 Å². The Morgan fingerprint density at radius 2 is 1.17 bits per heavy atom. The number of unbranched alkanes of at least 4 members (excludes halogenated alkanes) is 6. The first-order chi connectivity index (χ1) is 17.5. The Balaban J connectivity index is 4.17. The largest absolute Gasteiger partial charge is 0.462 e. The molecule has 0 heterocycles. The van der Waals surface area contributed by atoms with Gasteiger partial charge in [-0.3, -0.25) is 10.7 Å². The average Bonchev–Trinajstić information content (AvgIpc) is 2.84. The third kappa shape index (κ3) is 27.4. The zero-order valence-corrected chi connectivity index (χ0v) is 21.5. The Hall–Kier alpha value is -4.66. The Morgan fingerprint density at radius 1 is 0.694 bits per heavy atom. The number of hydrogen-bond acceptors (Lipinski definition) is 1. The number of carbonyl (C=O) groups is 1. The van der Waals surface area contributed by atoms with Gasteiger partial charge in [0.1, 0.15) is 0 Å². The van der Waals surface area contributed by atoms with Crippen molar-refractivity contribution in [1.82, 2.24) is 5.32 Å². The summed E-state index contributed by atoms with van der Waals surface area (Å²) in [4.78, 5) is 11.5. The molecule has 0 fully saturated rings. The summed E-state index contributed by atoms with van der Waals surface area (Å²) in [6.45, 7) is 3.62. The normalized spacial score (nSPS) is 7.67. The fraction of sp³-hybridized carbons (Fsp3) is 0.364. The maximum absolute atomic E-state index is 11.5. The lowest BCUT2D eigenvalue weighted by Crippen LogP contribution is -2.35. The molecule has 0 aliphatic rings. The van der Waals surface area contributed by atoms with E-state index in [1.165, 1.54) is 32.1 Å². The number of rotatable bonds is 10. The molecule has 0 aromatic heterocycles. The second-order valence-electron chi connectivity index (χ2n) is 7.95. The van der Waals surface area contributed by atoms with Crippen LogP contribution in [0.4, 0.5) is 0 Å². The van der Waals surface area contributed by atoms with Gasteiger partial charge in [-0.05, 0) is 82.9 Å². The summed E-state index contributed by atoms with van der Waals surface area (Å²) in [5.41, 5.74) is 0. The molecule has 0 aromatic carbocycles. The highest BCUT2D eigenvalue weighted by atomic mass is 16.1. The molecule has 0 spiro atoms. The predicted molar refractivity (Wildman–Crippen MR) is 148 cm³/mol. The van der Waals surface area contributed by atoms with Crippen LogP contribution in [-0.2, 0) is 4.79 Å². The topological polar surface area (TPSA) is 29.1 Å². The highest BCUT2D eigenvalue weighted by molar-refractivity contribution is 5.94. The van der Waals surface area contributed by atoms with Gasteiger partial charge in [-0.2, -0.15) is 6.42 Å². The van der Waals surface area contributed by atoms with Gasteiger partial charge < -0.3 is 9.80 Å². The summed E-state index contributed by atoms with van der Waals surface area (Å²) < 4.78 is 0.604. The van der Waals surface area contributed by atoms with E-state index >= 15 is 0 Å². The van der Waals surface area contributed by atoms with E-state index in [1.54, 1.807) is 0 Å². The summed E-state index contributed by atoms with van der Waals surface area (Å²) in [5, 5.41) is 2.70. The fourth-order valence-electron chi connectivity index (χ4n) is 2.29. The molecule has 0 radical (unpaired) electrons. The maximum Gasteiger partial charge on any atom is 0.296 e. The van der Waals surface area contributed by atoms with Crippen LogP contribution >= 0.6 is 0 Å². The second-order valence-corrected chi connectivity index (χ2v) is 7.95. The summed E-state index contributed by atoms with van der Waals surface area (Å²) in [5.74, 6) is 45.7. The minimum absolute atomic E-state index is 0.370. The van der Waals surface area contributed by atoms with Crippen LogP contribution in [0.15, 0.2) is 0 Å². The van der Waals surface area contributed by atoms with Crippen LogP contribution < -0.4 is 5.32 Å². The third-order valence-electron chi connectivity index (χ3n) is 3.97. The molecule has 180 valence electrons. The third-order valence-corrected chi connectivity index (χ3v) is 3.97. The molecule has 0 saturated carbocycles. The Bertz CT molecular complexity index is 1270. The Morgan fingerprint density at radius 3 is 1.67 bits per heavy atom. The van der Waals surface area contributed by atoms with Gasteiger partial charge in [0.15, 0.2) is 0 Å². The van der Waals surface area contributed by atoms with E-state index < -0.39 is 0 Å². The van der Waals surface area contributed by atoms with Gasteiger partial charge in [0, 0.05) is 33.0 Å². The smallest absolute Gasteiger partial charge is 0.296 e.